The van der Waals surface area contributed by atoms with Gasteiger partial charge in [-0.15, -0.1) is 22.9 Å². The third kappa shape index (κ3) is 3.99. The third-order valence-electron chi connectivity index (χ3n) is 4.56. The van der Waals surface area contributed by atoms with E-state index in [0.29, 0.717) is 18.2 Å². The summed E-state index contributed by atoms with van der Waals surface area (Å²) in [5.41, 5.74) is 5.45. The molecular formula is C21H19ClN2O2S. The molecule has 0 amide bonds. The van der Waals surface area contributed by atoms with Crippen LogP contribution in [0.25, 0.3) is 11.8 Å². The van der Waals surface area contributed by atoms with E-state index in [4.69, 9.17) is 16.3 Å². The summed E-state index contributed by atoms with van der Waals surface area (Å²) in [6.07, 6.45) is 5.59. The highest BCUT2D eigenvalue weighted by Crippen LogP contribution is 2.27. The number of fused-ring (bicyclic) bond motifs is 1. The number of alkyl halides is 1. The smallest absolute Gasteiger partial charge is 0.258 e. The van der Waals surface area contributed by atoms with E-state index < -0.39 is 0 Å². The number of hydrogen-bond donors (Lipinski definition) is 0. The zero-order valence-corrected chi connectivity index (χ0v) is 16.5. The molecule has 0 radical (unpaired) electrons. The number of aromatic nitrogens is 2. The van der Waals surface area contributed by atoms with E-state index in [1.54, 1.807) is 22.1 Å². The Bertz CT molecular complexity index is 1070. The molecule has 4 nitrogen and oxygen atoms in total. The SMILES string of the molecule is Cc1csc(COc2ccn(C3=Cc4ccc(CCl)cc4CC3)c(=O)c2)n1. The topological polar surface area (TPSA) is 44.1 Å². The van der Waals surface area contributed by atoms with Crippen molar-refractivity contribution in [2.75, 3.05) is 0 Å². The number of pyridine rings is 1. The Morgan fingerprint density at radius 2 is 2.15 bits per heavy atom. The van der Waals surface area contributed by atoms with Crippen molar-refractivity contribution in [2.24, 2.45) is 0 Å². The van der Waals surface area contributed by atoms with E-state index in [2.05, 4.69) is 23.2 Å². The highest BCUT2D eigenvalue weighted by atomic mass is 35.5. The number of halogens is 1. The van der Waals surface area contributed by atoms with E-state index >= 15 is 0 Å². The maximum absolute atomic E-state index is 12.6. The molecule has 0 saturated heterocycles. The van der Waals surface area contributed by atoms with Gasteiger partial charge in [-0.25, -0.2) is 4.98 Å². The highest BCUT2D eigenvalue weighted by Gasteiger charge is 2.13. The van der Waals surface area contributed by atoms with Crippen LogP contribution in [-0.4, -0.2) is 9.55 Å². The lowest BCUT2D eigenvalue weighted by atomic mass is 9.93. The summed E-state index contributed by atoms with van der Waals surface area (Å²) in [7, 11) is 0. The van der Waals surface area contributed by atoms with Gasteiger partial charge in [0.15, 0.2) is 0 Å². The van der Waals surface area contributed by atoms with Crippen LogP contribution in [0.1, 0.15) is 33.8 Å². The Balaban J connectivity index is 1.54. The van der Waals surface area contributed by atoms with Crippen LogP contribution >= 0.6 is 22.9 Å². The van der Waals surface area contributed by atoms with E-state index in [1.807, 2.05) is 24.4 Å². The van der Waals surface area contributed by atoms with Crippen LogP contribution in [0.4, 0.5) is 0 Å². The zero-order valence-electron chi connectivity index (χ0n) is 14.9. The molecule has 0 aliphatic heterocycles. The Morgan fingerprint density at radius 3 is 2.89 bits per heavy atom. The van der Waals surface area contributed by atoms with Gasteiger partial charge in [-0.05, 0) is 48.6 Å². The molecule has 27 heavy (non-hydrogen) atoms. The van der Waals surface area contributed by atoms with E-state index in [-0.39, 0.29) is 5.56 Å². The summed E-state index contributed by atoms with van der Waals surface area (Å²) >= 11 is 7.48. The molecule has 3 aromatic rings. The maximum atomic E-state index is 12.6. The second-order valence-electron chi connectivity index (χ2n) is 6.54. The normalized spacial score (nSPS) is 13.2. The summed E-state index contributed by atoms with van der Waals surface area (Å²) in [5, 5.41) is 2.89. The first kappa shape index (κ1) is 18.0. The molecule has 2 heterocycles. The van der Waals surface area contributed by atoms with Gasteiger partial charge >= 0.3 is 0 Å². The molecule has 6 heteroatoms. The predicted molar refractivity (Wildman–Crippen MR) is 110 cm³/mol. The first-order valence-corrected chi connectivity index (χ1v) is 10.2. The average molecular weight is 399 g/mol. The monoisotopic (exact) mass is 398 g/mol. The zero-order chi connectivity index (χ0) is 18.8. The van der Waals surface area contributed by atoms with Gasteiger partial charge in [0.05, 0.1) is 0 Å². The number of rotatable bonds is 5. The standard InChI is InChI=1S/C21H19ClN2O2S/c1-14-13-27-20(23-14)12-26-19-6-7-24(21(25)10-19)18-5-4-16-8-15(11-22)2-3-17(16)9-18/h2-3,6-10,13H,4-5,11-12H2,1H3. The lowest BCUT2D eigenvalue weighted by Crippen LogP contribution is -2.19. The molecule has 0 N–H and O–H groups in total. The minimum absolute atomic E-state index is 0.0881. The van der Waals surface area contributed by atoms with Gasteiger partial charge < -0.3 is 4.74 Å². The lowest BCUT2D eigenvalue weighted by Gasteiger charge is -2.19. The van der Waals surface area contributed by atoms with Crippen molar-refractivity contribution in [3.63, 3.8) is 0 Å². The summed E-state index contributed by atoms with van der Waals surface area (Å²) in [4.78, 5) is 16.9. The predicted octanol–water partition coefficient (Wildman–Crippen LogP) is 4.88. The van der Waals surface area contributed by atoms with Crippen molar-refractivity contribution in [1.29, 1.82) is 0 Å². The minimum atomic E-state index is -0.0881. The van der Waals surface area contributed by atoms with Crippen molar-refractivity contribution in [3.05, 3.63) is 79.7 Å². The fourth-order valence-electron chi connectivity index (χ4n) is 3.21. The van der Waals surface area contributed by atoms with Gasteiger partial charge in [0.2, 0.25) is 0 Å². The van der Waals surface area contributed by atoms with Crippen LogP contribution in [-0.2, 0) is 18.9 Å². The van der Waals surface area contributed by atoms with Crippen LogP contribution in [0.3, 0.4) is 0 Å². The Labute approximate surface area is 166 Å². The number of nitrogens with zero attached hydrogens (tertiary/aromatic N) is 2. The molecule has 0 spiro atoms. The quantitative estimate of drug-likeness (QED) is 0.575. The fourth-order valence-corrected chi connectivity index (χ4v) is 4.06. The number of allylic oxidation sites excluding steroid dienone is 1. The summed E-state index contributed by atoms with van der Waals surface area (Å²) in [6.45, 7) is 2.33. The van der Waals surface area contributed by atoms with Crippen molar-refractivity contribution in [2.45, 2.75) is 32.3 Å². The summed E-state index contributed by atoms with van der Waals surface area (Å²) < 4.78 is 7.41. The Kier molecular flexibility index (Phi) is 5.14. The van der Waals surface area contributed by atoms with Crippen LogP contribution < -0.4 is 10.3 Å². The fraction of sp³-hybridized carbons (Fsp3) is 0.238. The lowest BCUT2D eigenvalue weighted by molar-refractivity contribution is 0.304. The minimum Gasteiger partial charge on any atom is -0.486 e. The Hall–Kier alpha value is -2.37. The first-order chi connectivity index (χ1) is 13.1. The van der Waals surface area contributed by atoms with Gasteiger partial charge in [-0.1, -0.05) is 18.2 Å². The van der Waals surface area contributed by atoms with Crippen molar-refractivity contribution in [1.82, 2.24) is 9.55 Å². The molecule has 0 fully saturated rings. The van der Waals surface area contributed by atoms with E-state index in [0.717, 1.165) is 40.4 Å². The molecule has 138 valence electrons. The largest absolute Gasteiger partial charge is 0.486 e. The molecule has 1 aliphatic rings. The summed E-state index contributed by atoms with van der Waals surface area (Å²) in [6, 6.07) is 9.62. The van der Waals surface area contributed by atoms with Gasteiger partial charge in [0, 0.05) is 34.9 Å². The molecule has 2 aromatic heterocycles. The van der Waals surface area contributed by atoms with E-state index in [9.17, 15) is 4.79 Å². The molecule has 0 bridgehead atoms. The van der Waals surface area contributed by atoms with Crippen molar-refractivity contribution >= 4 is 34.7 Å². The van der Waals surface area contributed by atoms with Crippen LogP contribution in [0, 0.1) is 6.92 Å². The number of aryl methyl sites for hydroxylation is 2. The van der Waals surface area contributed by atoms with Gasteiger partial charge in [0.1, 0.15) is 17.4 Å². The number of ether oxygens (including phenoxy) is 1. The van der Waals surface area contributed by atoms with Crippen molar-refractivity contribution < 1.29 is 4.74 Å². The van der Waals surface area contributed by atoms with Crippen LogP contribution in [0.5, 0.6) is 5.75 Å². The number of benzene rings is 1. The van der Waals surface area contributed by atoms with Crippen molar-refractivity contribution in [3.8, 4) is 5.75 Å². The number of thiazole rings is 1. The summed E-state index contributed by atoms with van der Waals surface area (Å²) in [5.74, 6) is 1.08. The third-order valence-corrected chi connectivity index (χ3v) is 5.81. The first-order valence-electron chi connectivity index (χ1n) is 8.77. The Morgan fingerprint density at radius 1 is 1.26 bits per heavy atom. The van der Waals surface area contributed by atoms with Gasteiger partial charge in [-0.3, -0.25) is 9.36 Å². The number of hydrogen-bond acceptors (Lipinski definition) is 4. The molecule has 1 aromatic carbocycles. The van der Waals surface area contributed by atoms with E-state index in [1.165, 1.54) is 11.6 Å². The van der Waals surface area contributed by atoms with Gasteiger partial charge in [-0.2, -0.15) is 0 Å². The van der Waals surface area contributed by atoms with Crippen LogP contribution in [0.2, 0.25) is 0 Å². The average Bonchev–Trinajstić information content (AvgIpc) is 3.11. The maximum Gasteiger partial charge on any atom is 0.258 e. The molecular weight excluding hydrogens is 380 g/mol. The molecule has 1 aliphatic carbocycles. The van der Waals surface area contributed by atoms with Gasteiger partial charge in [0.25, 0.3) is 5.56 Å². The second kappa shape index (κ2) is 7.71. The molecule has 0 saturated carbocycles. The molecule has 0 unspecified atom stereocenters. The second-order valence-corrected chi connectivity index (χ2v) is 7.75. The van der Waals surface area contributed by atoms with Crippen LogP contribution in [0.15, 0.2) is 46.7 Å². The molecule has 0 atom stereocenters. The highest BCUT2D eigenvalue weighted by molar-refractivity contribution is 7.09. The molecule has 4 rings (SSSR count).